The van der Waals surface area contributed by atoms with Crippen molar-refractivity contribution in [1.29, 1.82) is 0 Å². The number of alkyl halides is 3. The summed E-state index contributed by atoms with van der Waals surface area (Å²) in [6.45, 7) is 0. The molecule has 5 nitrogen and oxygen atoms in total. The Labute approximate surface area is 174 Å². The molecule has 0 aliphatic carbocycles. The van der Waals surface area contributed by atoms with Crippen molar-refractivity contribution >= 4 is 40.6 Å². The van der Waals surface area contributed by atoms with Crippen LogP contribution in [0.5, 0.6) is 5.75 Å². The lowest BCUT2D eigenvalue weighted by Gasteiger charge is -2.13. The quantitative estimate of drug-likeness (QED) is 0.426. The molecule has 9 heteroatoms. The predicted molar refractivity (Wildman–Crippen MR) is 113 cm³/mol. The van der Waals surface area contributed by atoms with Gasteiger partial charge < -0.3 is 20.1 Å². The average molecular weight is 431 g/mol. The van der Waals surface area contributed by atoms with Gasteiger partial charge in [0.05, 0.1) is 22.6 Å². The highest BCUT2D eigenvalue weighted by Crippen LogP contribution is 2.37. The summed E-state index contributed by atoms with van der Waals surface area (Å²) in [4.78, 5) is 12.8. The van der Waals surface area contributed by atoms with Gasteiger partial charge in [-0.1, -0.05) is 30.1 Å². The fraction of sp³-hybridized carbons (Fsp3) is 0.0952. The van der Waals surface area contributed by atoms with Gasteiger partial charge in [-0.2, -0.15) is 0 Å². The standard InChI is InChI=1S/C21H16F3N3O2S/c1-30-27-14-4-2-3-12(9-14)13-5-7-17-16(10-13)20(28)26-19-11-15(29-21(22,23)24)6-8-18(19)25-17/h2-11,25,27H,1H3,(H,26,28). The van der Waals surface area contributed by atoms with Crippen LogP contribution in [-0.4, -0.2) is 18.5 Å². The van der Waals surface area contributed by atoms with Crippen LogP contribution in [0.4, 0.5) is 35.9 Å². The fourth-order valence-electron chi connectivity index (χ4n) is 3.17. The summed E-state index contributed by atoms with van der Waals surface area (Å²) >= 11 is 1.48. The average Bonchev–Trinajstić information content (AvgIpc) is 2.82. The molecule has 30 heavy (non-hydrogen) atoms. The zero-order chi connectivity index (χ0) is 21.3. The van der Waals surface area contributed by atoms with E-state index >= 15 is 0 Å². The van der Waals surface area contributed by atoms with E-state index < -0.39 is 18.0 Å². The molecule has 0 aromatic heterocycles. The van der Waals surface area contributed by atoms with Gasteiger partial charge in [-0.25, -0.2) is 0 Å². The van der Waals surface area contributed by atoms with Gasteiger partial charge in [0.1, 0.15) is 5.75 Å². The van der Waals surface area contributed by atoms with Crippen LogP contribution in [-0.2, 0) is 0 Å². The minimum Gasteiger partial charge on any atom is -0.406 e. The molecule has 1 heterocycles. The normalized spacial score (nSPS) is 12.7. The number of amides is 1. The number of hydrogen-bond donors (Lipinski definition) is 3. The van der Waals surface area contributed by atoms with Crippen LogP contribution in [0.25, 0.3) is 11.1 Å². The van der Waals surface area contributed by atoms with Gasteiger partial charge in [-0.05, 0) is 47.5 Å². The van der Waals surface area contributed by atoms with Crippen molar-refractivity contribution in [3.8, 4) is 16.9 Å². The van der Waals surface area contributed by atoms with Crippen LogP contribution in [0.2, 0.25) is 0 Å². The third kappa shape index (κ3) is 4.30. The molecule has 4 rings (SSSR count). The van der Waals surface area contributed by atoms with E-state index in [4.69, 9.17) is 0 Å². The summed E-state index contributed by atoms with van der Waals surface area (Å²) in [6, 6.07) is 16.9. The molecular formula is C21H16F3N3O2S. The molecule has 3 aromatic carbocycles. The maximum Gasteiger partial charge on any atom is 0.573 e. The lowest BCUT2D eigenvalue weighted by molar-refractivity contribution is -0.274. The molecule has 0 unspecified atom stereocenters. The van der Waals surface area contributed by atoms with E-state index in [-0.39, 0.29) is 5.69 Å². The first-order chi connectivity index (χ1) is 14.3. The van der Waals surface area contributed by atoms with Crippen molar-refractivity contribution < 1.29 is 22.7 Å². The number of fused-ring (bicyclic) bond motifs is 2. The van der Waals surface area contributed by atoms with E-state index in [0.29, 0.717) is 16.9 Å². The summed E-state index contributed by atoms with van der Waals surface area (Å²) in [5.41, 5.74) is 4.29. The Morgan fingerprint density at radius 3 is 2.43 bits per heavy atom. The fourth-order valence-corrected chi connectivity index (χ4v) is 3.53. The Morgan fingerprint density at radius 1 is 0.900 bits per heavy atom. The van der Waals surface area contributed by atoms with Crippen molar-refractivity contribution in [3.63, 3.8) is 0 Å². The SMILES string of the molecule is CSNc1cccc(-c2ccc3c(c2)C(=O)Nc2cc(OC(F)(F)F)ccc2N3)c1. The number of carbonyl (C=O) groups is 1. The van der Waals surface area contributed by atoms with Crippen LogP contribution in [0.15, 0.2) is 60.7 Å². The molecule has 0 radical (unpaired) electrons. The number of halogens is 3. The molecule has 1 amide bonds. The monoisotopic (exact) mass is 431 g/mol. The number of rotatable bonds is 4. The van der Waals surface area contributed by atoms with Crippen LogP contribution >= 0.6 is 11.9 Å². The minimum atomic E-state index is -4.81. The summed E-state index contributed by atoms with van der Waals surface area (Å²) in [6.07, 6.45) is -2.89. The second-order valence-corrected chi connectivity index (χ2v) is 7.09. The van der Waals surface area contributed by atoms with E-state index in [2.05, 4.69) is 20.1 Å². The van der Waals surface area contributed by atoms with Crippen molar-refractivity contribution in [1.82, 2.24) is 0 Å². The first kappa shape index (κ1) is 20.0. The largest absolute Gasteiger partial charge is 0.573 e. The first-order valence-corrected chi connectivity index (χ1v) is 10.1. The lowest BCUT2D eigenvalue weighted by atomic mass is 10.0. The zero-order valence-corrected chi connectivity index (χ0v) is 16.4. The number of ether oxygens (including phenoxy) is 1. The maximum atomic E-state index is 12.8. The van der Waals surface area contributed by atoms with E-state index in [1.165, 1.54) is 24.1 Å². The smallest absolute Gasteiger partial charge is 0.406 e. The van der Waals surface area contributed by atoms with E-state index in [0.717, 1.165) is 22.9 Å². The van der Waals surface area contributed by atoms with Crippen LogP contribution in [0, 0.1) is 0 Å². The van der Waals surface area contributed by atoms with Crippen molar-refractivity contribution in [2.45, 2.75) is 6.36 Å². The molecule has 1 aliphatic heterocycles. The minimum absolute atomic E-state index is 0.200. The molecule has 0 bridgehead atoms. The third-order valence-corrected chi connectivity index (χ3v) is 4.86. The van der Waals surface area contributed by atoms with Gasteiger partial charge >= 0.3 is 6.36 Å². The molecule has 0 saturated heterocycles. The molecule has 1 aliphatic rings. The maximum absolute atomic E-state index is 12.8. The molecule has 3 aromatic rings. The number of hydrogen-bond acceptors (Lipinski definition) is 5. The first-order valence-electron chi connectivity index (χ1n) is 8.84. The Bertz CT molecular complexity index is 1120. The Kier molecular flexibility index (Phi) is 5.21. The second-order valence-electron chi connectivity index (χ2n) is 6.48. The highest BCUT2D eigenvalue weighted by molar-refractivity contribution is 7.99. The Morgan fingerprint density at radius 2 is 1.67 bits per heavy atom. The Balaban J connectivity index is 1.66. The second kappa shape index (κ2) is 7.83. The molecule has 0 saturated carbocycles. The zero-order valence-electron chi connectivity index (χ0n) is 15.6. The number of carbonyl (C=O) groups excluding carboxylic acids is 1. The topological polar surface area (TPSA) is 62.4 Å². The number of benzene rings is 3. The Hall–Kier alpha value is -3.33. The predicted octanol–water partition coefficient (Wildman–Crippen LogP) is 6.25. The summed E-state index contributed by atoms with van der Waals surface area (Å²) in [5, 5.41) is 5.75. The van der Waals surface area contributed by atoms with Gasteiger partial charge in [0.15, 0.2) is 0 Å². The van der Waals surface area contributed by atoms with Crippen molar-refractivity contribution in [3.05, 3.63) is 66.2 Å². The molecule has 3 N–H and O–H groups in total. The molecule has 0 spiro atoms. The lowest BCUT2D eigenvalue weighted by Crippen LogP contribution is -2.17. The van der Waals surface area contributed by atoms with Gasteiger partial charge in [-0.15, -0.1) is 13.2 Å². The highest BCUT2D eigenvalue weighted by atomic mass is 32.2. The van der Waals surface area contributed by atoms with Gasteiger partial charge in [0.25, 0.3) is 5.91 Å². The highest BCUT2D eigenvalue weighted by Gasteiger charge is 2.31. The van der Waals surface area contributed by atoms with E-state index in [1.807, 2.05) is 36.6 Å². The van der Waals surface area contributed by atoms with Gasteiger partial charge in [0, 0.05) is 18.0 Å². The molecule has 0 atom stereocenters. The van der Waals surface area contributed by atoms with Crippen LogP contribution < -0.4 is 20.1 Å². The summed E-state index contributed by atoms with van der Waals surface area (Å²) in [5.74, 6) is -0.839. The molecular weight excluding hydrogens is 415 g/mol. The van der Waals surface area contributed by atoms with Crippen molar-refractivity contribution in [2.24, 2.45) is 0 Å². The third-order valence-electron chi connectivity index (χ3n) is 4.42. The van der Waals surface area contributed by atoms with E-state index in [9.17, 15) is 18.0 Å². The summed E-state index contributed by atoms with van der Waals surface area (Å²) < 4.78 is 44.6. The van der Waals surface area contributed by atoms with E-state index in [1.54, 1.807) is 12.1 Å². The molecule has 0 fully saturated rings. The van der Waals surface area contributed by atoms with Gasteiger partial charge in [0.2, 0.25) is 0 Å². The van der Waals surface area contributed by atoms with Gasteiger partial charge in [-0.3, -0.25) is 4.79 Å². The van der Waals surface area contributed by atoms with Crippen molar-refractivity contribution in [2.75, 3.05) is 21.6 Å². The number of nitrogens with one attached hydrogen (secondary N) is 3. The van der Waals surface area contributed by atoms with Crippen LogP contribution in [0.1, 0.15) is 10.4 Å². The summed E-state index contributed by atoms with van der Waals surface area (Å²) in [7, 11) is 0. The number of anilines is 4. The molecule has 154 valence electrons. The van der Waals surface area contributed by atoms with Crippen LogP contribution in [0.3, 0.4) is 0 Å².